The lowest BCUT2D eigenvalue weighted by molar-refractivity contribution is -0.131. The second-order valence-electron chi connectivity index (χ2n) is 6.19. The lowest BCUT2D eigenvalue weighted by Crippen LogP contribution is -2.49. The molecule has 27 heavy (non-hydrogen) atoms. The van der Waals surface area contributed by atoms with Gasteiger partial charge in [0.25, 0.3) is 0 Å². The van der Waals surface area contributed by atoms with Crippen LogP contribution in [0.15, 0.2) is 48.7 Å². The van der Waals surface area contributed by atoms with E-state index in [2.05, 4.69) is 43.1 Å². The van der Waals surface area contributed by atoms with E-state index in [-0.39, 0.29) is 11.9 Å². The maximum Gasteiger partial charge on any atom is 0.319 e. The van der Waals surface area contributed by atoms with E-state index in [9.17, 15) is 9.59 Å². The summed E-state index contributed by atoms with van der Waals surface area (Å²) in [7, 11) is 0. The number of rotatable bonds is 5. The summed E-state index contributed by atoms with van der Waals surface area (Å²) < 4.78 is 1.10. The molecule has 0 bridgehead atoms. The number of aromatic nitrogens is 1. The van der Waals surface area contributed by atoms with Crippen molar-refractivity contribution in [3.05, 3.63) is 52.2 Å². The maximum atomic E-state index is 12.3. The number of nitrogens with zero attached hydrogens (tertiary/aromatic N) is 3. The Kier molecular flexibility index (Phi) is 6.86. The first-order valence-corrected chi connectivity index (χ1v) is 9.94. The molecule has 1 aromatic heterocycles. The zero-order valence-corrected chi connectivity index (χ0v) is 17.1. The van der Waals surface area contributed by atoms with E-state index >= 15 is 0 Å². The Hall–Kier alpha value is -2.36. The predicted octanol–water partition coefficient (Wildman–Crippen LogP) is 2.55. The van der Waals surface area contributed by atoms with Crippen LogP contribution in [0.3, 0.4) is 0 Å². The molecule has 2 aromatic rings. The number of hydrogen-bond donors (Lipinski definition) is 2. The predicted molar refractivity (Wildman–Crippen MR) is 114 cm³/mol. The zero-order valence-electron chi connectivity index (χ0n) is 14.9. The van der Waals surface area contributed by atoms with Crippen molar-refractivity contribution in [3.63, 3.8) is 0 Å². The van der Waals surface area contributed by atoms with Gasteiger partial charge in [0.2, 0.25) is 5.91 Å². The Bertz CT molecular complexity index is 761. The van der Waals surface area contributed by atoms with Crippen LogP contribution in [0.4, 0.5) is 16.3 Å². The number of urea groups is 1. The van der Waals surface area contributed by atoms with E-state index in [1.54, 1.807) is 6.20 Å². The molecule has 0 atom stereocenters. The van der Waals surface area contributed by atoms with Crippen LogP contribution in [-0.4, -0.2) is 54.5 Å². The molecule has 0 aliphatic carbocycles. The van der Waals surface area contributed by atoms with Crippen molar-refractivity contribution in [3.8, 4) is 0 Å². The van der Waals surface area contributed by atoms with Crippen LogP contribution >= 0.6 is 22.6 Å². The van der Waals surface area contributed by atoms with Crippen LogP contribution < -0.4 is 15.5 Å². The molecule has 0 unspecified atom stereocenters. The molecule has 1 saturated heterocycles. The number of halogens is 1. The molecule has 1 fully saturated rings. The molecule has 1 aliphatic rings. The molecule has 3 rings (SSSR count). The van der Waals surface area contributed by atoms with Gasteiger partial charge >= 0.3 is 6.03 Å². The minimum absolute atomic E-state index is 0.0604. The number of hydrogen-bond acceptors (Lipinski definition) is 4. The first kappa shape index (κ1) is 19.4. The summed E-state index contributed by atoms with van der Waals surface area (Å²) in [5.74, 6) is 1.00. The number of pyridine rings is 1. The lowest BCUT2D eigenvalue weighted by Gasteiger charge is -2.35. The fourth-order valence-electron chi connectivity index (χ4n) is 2.88. The summed E-state index contributed by atoms with van der Waals surface area (Å²) >= 11 is 2.21. The molecular formula is C19H22IN5O2. The Morgan fingerprint density at radius 1 is 1.04 bits per heavy atom. The number of carbonyl (C=O) groups excluding carboxylic acids is 2. The van der Waals surface area contributed by atoms with Crippen molar-refractivity contribution in [1.82, 2.24) is 15.2 Å². The highest BCUT2D eigenvalue weighted by Gasteiger charge is 2.21. The fourth-order valence-corrected chi connectivity index (χ4v) is 3.23. The summed E-state index contributed by atoms with van der Waals surface area (Å²) in [6, 6.07) is 13.1. The highest BCUT2D eigenvalue weighted by Crippen LogP contribution is 2.13. The van der Waals surface area contributed by atoms with Crippen LogP contribution in [0.2, 0.25) is 0 Å². The molecule has 1 aromatic carbocycles. The van der Waals surface area contributed by atoms with Gasteiger partial charge in [0.1, 0.15) is 5.82 Å². The van der Waals surface area contributed by atoms with Gasteiger partial charge in [-0.2, -0.15) is 0 Å². The van der Waals surface area contributed by atoms with Gasteiger partial charge in [-0.1, -0.05) is 6.07 Å². The standard InChI is InChI=1S/C19H22IN5O2/c20-15-4-6-16(7-5-15)23-19(27)22-10-8-18(26)25-13-11-24(12-14-25)17-3-1-2-9-21-17/h1-7,9H,8,10-14H2,(H2,22,23,27). The van der Waals surface area contributed by atoms with Crippen LogP contribution in [-0.2, 0) is 4.79 Å². The first-order chi connectivity index (χ1) is 13.1. The molecule has 2 N–H and O–H groups in total. The van der Waals surface area contributed by atoms with E-state index in [1.165, 1.54) is 0 Å². The van der Waals surface area contributed by atoms with Crippen molar-refractivity contribution >= 4 is 46.0 Å². The smallest absolute Gasteiger partial charge is 0.319 e. The van der Waals surface area contributed by atoms with Gasteiger partial charge in [-0.15, -0.1) is 0 Å². The average Bonchev–Trinajstić information content (AvgIpc) is 2.70. The number of amides is 3. The van der Waals surface area contributed by atoms with Gasteiger partial charge in [-0.25, -0.2) is 9.78 Å². The summed E-state index contributed by atoms with van der Waals surface area (Å²) in [5, 5.41) is 5.49. The van der Waals surface area contributed by atoms with E-state index < -0.39 is 0 Å². The number of carbonyl (C=O) groups is 2. The monoisotopic (exact) mass is 479 g/mol. The van der Waals surface area contributed by atoms with Gasteiger partial charge in [0, 0.05) is 54.6 Å². The number of nitrogens with one attached hydrogen (secondary N) is 2. The van der Waals surface area contributed by atoms with Crippen LogP contribution in [0.5, 0.6) is 0 Å². The van der Waals surface area contributed by atoms with Crippen LogP contribution in [0.1, 0.15) is 6.42 Å². The van der Waals surface area contributed by atoms with Gasteiger partial charge < -0.3 is 20.4 Å². The van der Waals surface area contributed by atoms with E-state index in [0.29, 0.717) is 26.1 Å². The Balaban J connectivity index is 1.36. The lowest BCUT2D eigenvalue weighted by atomic mass is 10.2. The average molecular weight is 479 g/mol. The third kappa shape index (κ3) is 5.81. The molecule has 0 saturated carbocycles. The van der Waals surface area contributed by atoms with Gasteiger partial charge in [0.05, 0.1) is 0 Å². The highest BCUT2D eigenvalue weighted by molar-refractivity contribution is 14.1. The SMILES string of the molecule is O=C(NCCC(=O)N1CCN(c2ccccn2)CC1)Nc1ccc(I)cc1. The third-order valence-electron chi connectivity index (χ3n) is 4.33. The molecule has 0 spiro atoms. The molecule has 8 heteroatoms. The Morgan fingerprint density at radius 2 is 1.78 bits per heavy atom. The quantitative estimate of drug-likeness (QED) is 0.647. The van der Waals surface area contributed by atoms with Crippen molar-refractivity contribution in [2.75, 3.05) is 42.9 Å². The summed E-state index contributed by atoms with van der Waals surface area (Å²) in [5.41, 5.74) is 0.727. The molecular weight excluding hydrogens is 457 g/mol. The minimum atomic E-state index is -0.302. The van der Waals surface area contributed by atoms with Gasteiger partial charge in [-0.05, 0) is 59.0 Å². The summed E-state index contributed by atoms with van der Waals surface area (Å²) in [4.78, 5) is 32.6. The van der Waals surface area contributed by atoms with Crippen LogP contribution in [0.25, 0.3) is 0 Å². The Morgan fingerprint density at radius 3 is 2.44 bits per heavy atom. The molecule has 2 heterocycles. The molecule has 7 nitrogen and oxygen atoms in total. The zero-order chi connectivity index (χ0) is 19.1. The topological polar surface area (TPSA) is 77.6 Å². The van der Waals surface area contributed by atoms with Crippen molar-refractivity contribution in [2.45, 2.75) is 6.42 Å². The van der Waals surface area contributed by atoms with E-state index in [1.807, 2.05) is 47.4 Å². The van der Waals surface area contributed by atoms with Crippen molar-refractivity contribution in [1.29, 1.82) is 0 Å². The van der Waals surface area contributed by atoms with Crippen molar-refractivity contribution < 1.29 is 9.59 Å². The summed E-state index contributed by atoms with van der Waals surface area (Å²) in [6.45, 7) is 3.19. The van der Waals surface area contributed by atoms with E-state index in [0.717, 1.165) is 28.2 Å². The van der Waals surface area contributed by atoms with E-state index in [4.69, 9.17) is 0 Å². The number of piperazine rings is 1. The van der Waals surface area contributed by atoms with Gasteiger partial charge in [-0.3, -0.25) is 4.79 Å². The van der Waals surface area contributed by atoms with Crippen LogP contribution in [0, 0.1) is 3.57 Å². The fraction of sp³-hybridized carbons (Fsp3) is 0.316. The molecule has 142 valence electrons. The number of anilines is 2. The highest BCUT2D eigenvalue weighted by atomic mass is 127. The number of benzene rings is 1. The van der Waals surface area contributed by atoms with Gasteiger partial charge in [0.15, 0.2) is 0 Å². The second kappa shape index (κ2) is 9.54. The second-order valence-corrected chi connectivity index (χ2v) is 7.44. The summed E-state index contributed by atoms with van der Waals surface area (Å²) in [6.07, 6.45) is 2.07. The van der Waals surface area contributed by atoms with Crippen molar-refractivity contribution in [2.24, 2.45) is 0 Å². The normalized spacial score (nSPS) is 14.0. The molecule has 0 radical (unpaired) electrons. The molecule has 1 aliphatic heterocycles. The molecule has 3 amide bonds. The largest absolute Gasteiger partial charge is 0.353 e. The third-order valence-corrected chi connectivity index (χ3v) is 5.05. The minimum Gasteiger partial charge on any atom is -0.353 e. The maximum absolute atomic E-state index is 12.3. The Labute approximate surface area is 172 Å². The first-order valence-electron chi connectivity index (χ1n) is 8.86.